The highest BCUT2D eigenvalue weighted by atomic mass is 19.1. The number of rotatable bonds is 5. The van der Waals surface area contributed by atoms with Crippen LogP contribution in [0, 0.1) is 18.6 Å². The summed E-state index contributed by atoms with van der Waals surface area (Å²) in [5, 5.41) is 7.38. The van der Waals surface area contributed by atoms with Crippen molar-refractivity contribution < 1.29 is 8.78 Å². The summed E-state index contributed by atoms with van der Waals surface area (Å²) in [5.41, 5.74) is 2.72. The van der Waals surface area contributed by atoms with Gasteiger partial charge < -0.3 is 10.2 Å². The molecule has 0 spiro atoms. The molecule has 1 aliphatic heterocycles. The van der Waals surface area contributed by atoms with Crippen LogP contribution >= 0.6 is 0 Å². The topological polar surface area (TPSA) is 71.8 Å². The third-order valence-corrected chi connectivity index (χ3v) is 6.02. The molecule has 5 rings (SSSR count). The lowest BCUT2D eigenvalue weighted by Gasteiger charge is -2.21. The van der Waals surface area contributed by atoms with Crippen molar-refractivity contribution in [3.63, 3.8) is 0 Å². The van der Waals surface area contributed by atoms with Crippen LogP contribution < -0.4 is 10.2 Å². The van der Waals surface area contributed by atoms with Gasteiger partial charge in [0.25, 0.3) is 0 Å². The van der Waals surface area contributed by atoms with Crippen molar-refractivity contribution in [1.82, 2.24) is 24.7 Å². The monoisotopic (exact) mass is 461 g/mol. The fourth-order valence-corrected chi connectivity index (χ4v) is 4.45. The number of hydrogen-bond donors (Lipinski definition) is 1. The van der Waals surface area contributed by atoms with Crippen molar-refractivity contribution >= 4 is 17.3 Å². The van der Waals surface area contributed by atoms with Crippen LogP contribution in [0.2, 0.25) is 0 Å². The van der Waals surface area contributed by atoms with Crippen molar-refractivity contribution in [3.8, 4) is 5.69 Å². The lowest BCUT2D eigenvalue weighted by atomic mass is 9.88. The predicted molar refractivity (Wildman–Crippen MR) is 127 cm³/mol. The molecule has 1 N–H and O–H groups in total. The molecular weight excluding hydrogens is 436 g/mol. The van der Waals surface area contributed by atoms with Gasteiger partial charge in [0, 0.05) is 36.7 Å². The predicted octanol–water partition coefficient (Wildman–Crippen LogP) is 4.71. The van der Waals surface area contributed by atoms with E-state index in [-0.39, 0.29) is 11.2 Å². The molecule has 2 aromatic heterocycles. The molecule has 0 unspecified atom stereocenters. The van der Waals surface area contributed by atoms with Crippen molar-refractivity contribution in [3.05, 3.63) is 83.2 Å². The Kier molecular flexibility index (Phi) is 5.27. The lowest BCUT2D eigenvalue weighted by Crippen LogP contribution is -2.25. The van der Waals surface area contributed by atoms with E-state index >= 15 is 0 Å². The first-order chi connectivity index (χ1) is 16.2. The summed E-state index contributed by atoms with van der Waals surface area (Å²) in [6.45, 7) is 6.71. The molecule has 3 heterocycles. The first-order valence-electron chi connectivity index (χ1n) is 11.0. The van der Waals surface area contributed by atoms with Gasteiger partial charge in [-0.25, -0.2) is 28.4 Å². The molecule has 0 bridgehead atoms. The zero-order valence-corrected chi connectivity index (χ0v) is 19.5. The molecule has 0 saturated carbocycles. The van der Waals surface area contributed by atoms with Crippen LogP contribution in [0.25, 0.3) is 5.69 Å². The lowest BCUT2D eigenvalue weighted by molar-refractivity contribution is 0.568. The summed E-state index contributed by atoms with van der Waals surface area (Å²) >= 11 is 0. The van der Waals surface area contributed by atoms with E-state index in [4.69, 9.17) is 9.97 Å². The molecule has 2 aromatic carbocycles. The van der Waals surface area contributed by atoms with Crippen molar-refractivity contribution in [2.24, 2.45) is 0 Å². The van der Waals surface area contributed by atoms with Crippen molar-refractivity contribution in [2.45, 2.75) is 32.6 Å². The van der Waals surface area contributed by atoms with Gasteiger partial charge in [-0.15, -0.1) is 0 Å². The minimum Gasteiger partial charge on any atom is -0.373 e. The smallest absolute Gasteiger partial charge is 0.149 e. The third kappa shape index (κ3) is 3.87. The maximum absolute atomic E-state index is 14.8. The zero-order valence-electron chi connectivity index (χ0n) is 19.5. The SMILES string of the molecule is CNc1nc(Cc2ccc(-n3cnc(C)n3)c(F)c2)nc2c1C(C)(C)CN2c1ccc(F)cc1. The Balaban J connectivity index is 1.52. The molecule has 0 aliphatic carbocycles. The van der Waals surface area contributed by atoms with Crippen LogP contribution in [0.3, 0.4) is 0 Å². The Labute approximate surface area is 196 Å². The van der Waals surface area contributed by atoms with Crippen LogP contribution in [0.1, 0.15) is 36.6 Å². The molecule has 34 heavy (non-hydrogen) atoms. The normalized spacial score (nSPS) is 14.4. The highest BCUT2D eigenvalue weighted by Crippen LogP contribution is 2.46. The summed E-state index contributed by atoms with van der Waals surface area (Å²) < 4.78 is 29.8. The quantitative estimate of drug-likeness (QED) is 0.464. The third-order valence-electron chi connectivity index (χ3n) is 6.02. The second kappa shape index (κ2) is 8.16. The second-order valence-electron chi connectivity index (χ2n) is 9.08. The van der Waals surface area contributed by atoms with Gasteiger partial charge >= 0.3 is 0 Å². The molecule has 1 aliphatic rings. The van der Waals surface area contributed by atoms with Gasteiger partial charge in [0.2, 0.25) is 0 Å². The van der Waals surface area contributed by atoms with Crippen LogP contribution in [0.4, 0.5) is 26.1 Å². The molecule has 7 nitrogen and oxygen atoms in total. The van der Waals surface area contributed by atoms with E-state index in [9.17, 15) is 8.78 Å². The van der Waals surface area contributed by atoms with Crippen molar-refractivity contribution in [2.75, 3.05) is 23.8 Å². The first-order valence-corrected chi connectivity index (χ1v) is 11.0. The Morgan fingerprint density at radius 1 is 1.06 bits per heavy atom. The molecule has 0 atom stereocenters. The van der Waals surface area contributed by atoms with E-state index in [1.54, 1.807) is 25.1 Å². The second-order valence-corrected chi connectivity index (χ2v) is 9.08. The minimum absolute atomic E-state index is 0.218. The van der Waals surface area contributed by atoms with E-state index in [1.807, 2.05) is 13.1 Å². The number of halogens is 2. The number of aromatic nitrogens is 5. The van der Waals surface area contributed by atoms with E-state index in [0.29, 0.717) is 30.3 Å². The average molecular weight is 462 g/mol. The maximum atomic E-state index is 14.8. The van der Waals surface area contributed by atoms with Gasteiger partial charge in [-0.3, -0.25) is 0 Å². The van der Waals surface area contributed by atoms with Gasteiger partial charge in [0.05, 0.1) is 0 Å². The number of nitrogens with one attached hydrogen (secondary N) is 1. The Bertz CT molecular complexity index is 1360. The van der Waals surface area contributed by atoms with Crippen LogP contribution in [0.15, 0.2) is 48.8 Å². The molecule has 9 heteroatoms. The van der Waals surface area contributed by atoms with E-state index in [2.05, 4.69) is 34.1 Å². The number of hydrogen-bond acceptors (Lipinski definition) is 6. The van der Waals surface area contributed by atoms with Gasteiger partial charge in [0.1, 0.15) is 46.9 Å². The van der Waals surface area contributed by atoms with Crippen LogP contribution in [-0.2, 0) is 11.8 Å². The zero-order chi connectivity index (χ0) is 24.0. The summed E-state index contributed by atoms with van der Waals surface area (Å²) in [6, 6.07) is 11.4. The first kappa shape index (κ1) is 21.9. The van der Waals surface area contributed by atoms with Gasteiger partial charge in [-0.1, -0.05) is 19.9 Å². The Hall–Kier alpha value is -3.88. The number of benzene rings is 2. The number of aryl methyl sites for hydroxylation is 1. The van der Waals surface area contributed by atoms with Gasteiger partial charge in [-0.05, 0) is 48.9 Å². The Morgan fingerprint density at radius 3 is 2.47 bits per heavy atom. The summed E-state index contributed by atoms with van der Waals surface area (Å²) in [4.78, 5) is 15.8. The number of fused-ring (bicyclic) bond motifs is 1. The fourth-order valence-electron chi connectivity index (χ4n) is 4.45. The molecule has 0 radical (unpaired) electrons. The summed E-state index contributed by atoms with van der Waals surface area (Å²) in [7, 11) is 1.83. The van der Waals surface area contributed by atoms with Crippen molar-refractivity contribution in [1.29, 1.82) is 0 Å². The number of anilines is 3. The van der Waals surface area contributed by atoms with Crippen LogP contribution in [0.5, 0.6) is 0 Å². The summed E-state index contributed by atoms with van der Waals surface area (Å²) in [6.07, 6.45) is 1.84. The van der Waals surface area contributed by atoms with Gasteiger partial charge in [-0.2, -0.15) is 5.10 Å². The molecule has 0 saturated heterocycles. The maximum Gasteiger partial charge on any atom is 0.149 e. The Morgan fingerprint density at radius 2 is 1.82 bits per heavy atom. The molecule has 0 amide bonds. The fraction of sp³-hybridized carbons (Fsp3) is 0.280. The highest BCUT2D eigenvalue weighted by Gasteiger charge is 2.40. The largest absolute Gasteiger partial charge is 0.373 e. The van der Waals surface area contributed by atoms with E-state index in [1.165, 1.54) is 29.2 Å². The van der Waals surface area contributed by atoms with E-state index in [0.717, 1.165) is 28.5 Å². The molecular formula is C25H25F2N7. The molecule has 0 fully saturated rings. The number of nitrogens with zero attached hydrogens (tertiary/aromatic N) is 6. The molecule has 4 aromatic rings. The standard InChI is InChI=1S/C25H25F2N7/c1-15-29-14-34(32-15)20-10-5-16(11-19(20)27)12-21-30-23(28-4)22-24(31-21)33(13-25(22,2)3)18-8-6-17(26)7-9-18/h5-11,14H,12-13H2,1-4H3,(H,28,30,31). The average Bonchev–Trinajstić information content (AvgIpc) is 3.34. The van der Waals surface area contributed by atoms with Crippen LogP contribution in [-0.4, -0.2) is 38.3 Å². The molecule has 174 valence electrons. The van der Waals surface area contributed by atoms with E-state index < -0.39 is 5.82 Å². The van der Waals surface area contributed by atoms with Gasteiger partial charge in [0.15, 0.2) is 0 Å². The highest BCUT2D eigenvalue weighted by molar-refractivity contribution is 5.74. The minimum atomic E-state index is -0.397. The summed E-state index contributed by atoms with van der Waals surface area (Å²) in [5.74, 6) is 1.98.